The molecule has 14 heteroatoms. The minimum atomic E-state index is -4.97. The van der Waals surface area contributed by atoms with Crippen LogP contribution in [-0.2, 0) is 48.5 Å². The van der Waals surface area contributed by atoms with Gasteiger partial charge in [0.05, 0.1) is 52.4 Å². The SMILES string of the molecule is COC(=O)CCn1ncc2c1CCCC2N(C)S(=O)(=O)c1cc(C(F)(F)F)cc(S(=O)(=O)C(C)(C)C)c1. The number of nitrogens with zero attached hydrogens (tertiary/aromatic N) is 3. The van der Waals surface area contributed by atoms with E-state index in [9.17, 15) is 34.8 Å². The molecule has 0 aliphatic heterocycles. The number of aromatic nitrogens is 2. The Hall–Kier alpha value is -2.45. The Balaban J connectivity index is 2.06. The number of esters is 1. The number of sulfonamides is 1. The highest BCUT2D eigenvalue weighted by Crippen LogP contribution is 2.39. The van der Waals surface area contributed by atoms with E-state index < -0.39 is 58.1 Å². The van der Waals surface area contributed by atoms with Gasteiger partial charge < -0.3 is 4.74 Å². The van der Waals surface area contributed by atoms with Gasteiger partial charge in [0.2, 0.25) is 10.0 Å². The zero-order valence-electron chi connectivity index (χ0n) is 21.2. The van der Waals surface area contributed by atoms with Gasteiger partial charge in [-0.2, -0.15) is 22.6 Å². The van der Waals surface area contributed by atoms with Crippen molar-refractivity contribution in [2.24, 2.45) is 0 Å². The highest BCUT2D eigenvalue weighted by Gasteiger charge is 2.40. The van der Waals surface area contributed by atoms with Gasteiger partial charge >= 0.3 is 12.1 Å². The quantitative estimate of drug-likeness (QED) is 0.470. The fourth-order valence-electron chi connectivity index (χ4n) is 4.19. The number of hydrogen-bond acceptors (Lipinski definition) is 7. The van der Waals surface area contributed by atoms with Gasteiger partial charge in [-0.3, -0.25) is 9.48 Å². The highest BCUT2D eigenvalue weighted by molar-refractivity contribution is 7.93. The van der Waals surface area contributed by atoms with Crippen molar-refractivity contribution in [3.8, 4) is 0 Å². The molecule has 206 valence electrons. The van der Waals surface area contributed by atoms with Gasteiger partial charge in [-0.25, -0.2) is 16.8 Å². The van der Waals surface area contributed by atoms with E-state index >= 15 is 0 Å². The second-order valence-corrected chi connectivity index (χ2v) is 14.5. The van der Waals surface area contributed by atoms with Crippen molar-refractivity contribution < 1.29 is 39.5 Å². The molecule has 0 bridgehead atoms. The van der Waals surface area contributed by atoms with Gasteiger partial charge in [-0.15, -0.1) is 0 Å². The van der Waals surface area contributed by atoms with E-state index in [1.54, 1.807) is 4.68 Å². The molecule has 37 heavy (non-hydrogen) atoms. The van der Waals surface area contributed by atoms with Crippen molar-refractivity contribution in [1.29, 1.82) is 0 Å². The number of rotatable bonds is 7. The summed E-state index contributed by atoms with van der Waals surface area (Å²) in [5.41, 5.74) is -0.0660. The molecule has 0 fully saturated rings. The van der Waals surface area contributed by atoms with Crippen molar-refractivity contribution >= 4 is 25.8 Å². The molecule has 2 aromatic rings. The Morgan fingerprint density at radius 2 is 1.76 bits per heavy atom. The lowest BCUT2D eigenvalue weighted by Gasteiger charge is -2.31. The summed E-state index contributed by atoms with van der Waals surface area (Å²) in [5.74, 6) is -0.429. The zero-order chi connectivity index (χ0) is 28.0. The number of carbonyl (C=O) groups is 1. The van der Waals surface area contributed by atoms with Crippen LogP contribution in [0.5, 0.6) is 0 Å². The smallest absolute Gasteiger partial charge is 0.416 e. The third-order valence-corrected chi connectivity index (χ3v) is 10.7. The number of halogens is 3. The summed E-state index contributed by atoms with van der Waals surface area (Å²) >= 11 is 0. The maximum atomic E-state index is 13.7. The van der Waals surface area contributed by atoms with Crippen LogP contribution in [-0.4, -0.2) is 55.8 Å². The lowest BCUT2D eigenvalue weighted by Crippen LogP contribution is -2.34. The first-order valence-corrected chi connectivity index (χ1v) is 14.4. The fourth-order valence-corrected chi connectivity index (χ4v) is 6.98. The van der Waals surface area contributed by atoms with Crippen molar-refractivity contribution in [2.45, 2.75) is 79.8 Å². The molecule has 0 N–H and O–H groups in total. The number of benzene rings is 1. The molecule has 1 unspecified atom stereocenters. The third kappa shape index (κ3) is 5.70. The molecular weight excluding hydrogens is 535 g/mol. The monoisotopic (exact) mass is 565 g/mol. The molecule has 9 nitrogen and oxygen atoms in total. The molecule has 1 atom stereocenters. The summed E-state index contributed by atoms with van der Waals surface area (Å²) in [4.78, 5) is 10.0. The average molecular weight is 566 g/mol. The molecule has 3 rings (SSSR count). The largest absolute Gasteiger partial charge is 0.469 e. The van der Waals surface area contributed by atoms with Crippen molar-refractivity contribution in [2.75, 3.05) is 14.2 Å². The second kappa shape index (κ2) is 10.0. The summed E-state index contributed by atoms with van der Waals surface area (Å²) < 4.78 is 99.9. The predicted octanol–water partition coefficient (Wildman–Crippen LogP) is 3.74. The van der Waals surface area contributed by atoms with Crippen LogP contribution in [0.25, 0.3) is 0 Å². The molecule has 1 aliphatic carbocycles. The van der Waals surface area contributed by atoms with Crippen LogP contribution in [0.1, 0.15) is 62.9 Å². The van der Waals surface area contributed by atoms with Crippen molar-refractivity contribution in [1.82, 2.24) is 14.1 Å². The second-order valence-electron chi connectivity index (χ2n) is 9.83. The van der Waals surface area contributed by atoms with E-state index in [4.69, 9.17) is 0 Å². The maximum Gasteiger partial charge on any atom is 0.416 e. The van der Waals surface area contributed by atoms with Crippen LogP contribution in [0.3, 0.4) is 0 Å². The minimum Gasteiger partial charge on any atom is -0.469 e. The fraction of sp³-hybridized carbons (Fsp3) is 0.565. The van der Waals surface area contributed by atoms with Crippen molar-refractivity contribution in [3.05, 3.63) is 41.2 Å². The van der Waals surface area contributed by atoms with Crippen LogP contribution in [0.2, 0.25) is 0 Å². The summed E-state index contributed by atoms with van der Waals surface area (Å²) in [5, 5.41) is 4.27. The van der Waals surface area contributed by atoms with Gasteiger partial charge in [-0.1, -0.05) is 0 Å². The topological polar surface area (TPSA) is 116 Å². The molecule has 0 spiro atoms. The van der Waals surface area contributed by atoms with Crippen molar-refractivity contribution in [3.63, 3.8) is 0 Å². The molecule has 0 saturated carbocycles. The Morgan fingerprint density at radius 1 is 1.14 bits per heavy atom. The first kappa shape index (κ1) is 29.1. The van der Waals surface area contributed by atoms with Crippen LogP contribution < -0.4 is 0 Å². The molecule has 1 heterocycles. The lowest BCUT2D eigenvalue weighted by molar-refractivity contribution is -0.141. The number of ether oxygens (including phenoxy) is 1. The summed E-state index contributed by atoms with van der Waals surface area (Å²) in [7, 11) is -6.33. The van der Waals surface area contributed by atoms with E-state index in [1.807, 2.05) is 0 Å². The molecule has 0 radical (unpaired) electrons. The molecular formula is C23H30F3N3O6S2. The Bertz CT molecular complexity index is 1390. The first-order valence-electron chi connectivity index (χ1n) is 11.5. The highest BCUT2D eigenvalue weighted by atomic mass is 32.2. The molecule has 1 aromatic carbocycles. The zero-order valence-corrected chi connectivity index (χ0v) is 22.8. The van der Waals surface area contributed by atoms with Gasteiger partial charge in [0, 0.05) is 18.3 Å². The Morgan fingerprint density at radius 3 is 2.32 bits per heavy atom. The number of sulfone groups is 1. The number of methoxy groups -OCH3 is 1. The van der Waals surface area contributed by atoms with Gasteiger partial charge in [0.15, 0.2) is 9.84 Å². The number of hydrogen-bond donors (Lipinski definition) is 0. The number of alkyl halides is 3. The lowest BCUT2D eigenvalue weighted by atomic mass is 9.93. The van der Waals surface area contributed by atoms with E-state index in [-0.39, 0.29) is 13.0 Å². The van der Waals surface area contributed by atoms with Crippen LogP contribution in [0.15, 0.2) is 34.2 Å². The molecule has 0 saturated heterocycles. The van der Waals surface area contributed by atoms with Crippen LogP contribution in [0, 0.1) is 0 Å². The van der Waals surface area contributed by atoms with Gasteiger partial charge in [0.1, 0.15) is 0 Å². The maximum absolute atomic E-state index is 13.7. The number of aryl methyl sites for hydroxylation is 1. The van der Waals surface area contributed by atoms with Crippen LogP contribution in [0.4, 0.5) is 13.2 Å². The molecule has 0 amide bonds. The summed E-state index contributed by atoms with van der Waals surface area (Å²) in [6, 6.07) is 0.962. The number of carbonyl (C=O) groups excluding carboxylic acids is 1. The predicted molar refractivity (Wildman–Crippen MR) is 128 cm³/mol. The van der Waals surface area contributed by atoms with Gasteiger partial charge in [0.25, 0.3) is 0 Å². The van der Waals surface area contributed by atoms with Crippen LogP contribution >= 0.6 is 0 Å². The van der Waals surface area contributed by atoms with E-state index in [0.717, 1.165) is 16.1 Å². The minimum absolute atomic E-state index is 0.0681. The average Bonchev–Trinajstić information content (AvgIpc) is 3.23. The van der Waals surface area contributed by atoms with E-state index in [1.165, 1.54) is 41.1 Å². The Labute approximate surface area is 214 Å². The van der Waals surface area contributed by atoms with E-state index in [2.05, 4.69) is 9.84 Å². The normalized spacial score (nSPS) is 17.1. The standard InChI is InChI=1S/C23H30F3N3O6S2/c1-22(2,3)36(31,32)16-11-15(23(24,25)26)12-17(13-16)37(33,34)28(4)19-7-6-8-20-18(19)14-27-29(20)10-9-21(30)35-5/h11-14,19H,6-10H2,1-5H3. The number of fused-ring (bicyclic) bond motifs is 1. The summed E-state index contributed by atoms with van der Waals surface area (Å²) in [6.07, 6.45) is -1.86. The molecule has 1 aliphatic rings. The van der Waals surface area contributed by atoms with Gasteiger partial charge in [-0.05, 0) is 58.2 Å². The third-order valence-electron chi connectivity index (χ3n) is 6.43. The Kier molecular flexibility index (Phi) is 7.89. The van der Waals surface area contributed by atoms with E-state index in [0.29, 0.717) is 37.0 Å². The molecule has 1 aromatic heterocycles. The summed E-state index contributed by atoms with van der Waals surface area (Å²) in [6.45, 7) is 4.20. The first-order chi connectivity index (χ1) is 16.9.